The van der Waals surface area contributed by atoms with Crippen LogP contribution in [0.3, 0.4) is 0 Å². The van der Waals surface area contributed by atoms with Crippen LogP contribution in [0.15, 0.2) is 34.7 Å². The van der Waals surface area contributed by atoms with Crippen molar-refractivity contribution in [1.29, 1.82) is 0 Å². The molecule has 2 atom stereocenters. The molecule has 10 heteroatoms. The number of aromatic nitrogens is 3. The predicted octanol–water partition coefficient (Wildman–Crippen LogP) is 0.573. The maximum Gasteiger partial charge on any atom is 0.341 e. The Labute approximate surface area is 164 Å². The number of likely N-dealkylation sites (N-methyl/N-ethyl adjacent to an activating group) is 1. The number of carboxylic acids is 1. The van der Waals surface area contributed by atoms with Crippen LogP contribution < -0.4 is 16.1 Å². The van der Waals surface area contributed by atoms with Gasteiger partial charge in [-0.1, -0.05) is 0 Å². The van der Waals surface area contributed by atoms with Gasteiger partial charge in [0.05, 0.1) is 17.2 Å². The van der Waals surface area contributed by atoms with E-state index in [4.69, 9.17) is 9.72 Å². The monoisotopic (exact) mass is 401 g/mol. The summed E-state index contributed by atoms with van der Waals surface area (Å²) in [5, 5.41) is 18.6. The van der Waals surface area contributed by atoms with Crippen LogP contribution in [0.4, 0.5) is 0 Å². The molecule has 1 fully saturated rings. The van der Waals surface area contributed by atoms with Crippen LogP contribution in [0.5, 0.6) is 0 Å². The van der Waals surface area contributed by atoms with Gasteiger partial charge in [0.2, 0.25) is 5.43 Å². The van der Waals surface area contributed by atoms with Crippen molar-refractivity contribution >= 4 is 28.3 Å². The molecule has 3 aromatic rings. The smallest absolute Gasteiger partial charge is 0.341 e. The fourth-order valence-electron chi connectivity index (χ4n) is 3.69. The molecule has 28 heavy (non-hydrogen) atoms. The van der Waals surface area contributed by atoms with E-state index < -0.39 is 16.9 Å². The first-order valence-electron chi connectivity index (χ1n) is 8.64. The van der Waals surface area contributed by atoms with Crippen molar-refractivity contribution in [2.45, 2.75) is 11.6 Å². The third-order valence-electron chi connectivity index (χ3n) is 5.18. The number of methoxy groups -OCH3 is 1. The average Bonchev–Trinajstić information content (AvgIpc) is 3.37. The van der Waals surface area contributed by atoms with Crippen LogP contribution in [-0.2, 0) is 10.3 Å². The van der Waals surface area contributed by atoms with E-state index in [1.54, 1.807) is 35.4 Å². The molecule has 1 aliphatic heterocycles. The van der Waals surface area contributed by atoms with Crippen molar-refractivity contribution in [3.8, 4) is 5.13 Å². The van der Waals surface area contributed by atoms with Gasteiger partial charge in [0.15, 0.2) is 10.8 Å². The Morgan fingerprint density at radius 1 is 1.50 bits per heavy atom. The minimum absolute atomic E-state index is 0.152. The molecule has 146 valence electrons. The molecule has 2 unspecified atom stereocenters. The minimum atomic E-state index is -1.28. The maximum absolute atomic E-state index is 12.7. The number of carboxylic acid groups (broad SMARTS) is 1. The van der Waals surface area contributed by atoms with E-state index >= 15 is 0 Å². The van der Waals surface area contributed by atoms with Crippen molar-refractivity contribution in [2.75, 3.05) is 27.2 Å². The largest absolute Gasteiger partial charge is 0.477 e. The second-order valence-electron chi connectivity index (χ2n) is 6.51. The Balaban J connectivity index is 2.02. The van der Waals surface area contributed by atoms with E-state index in [2.05, 4.69) is 15.6 Å². The highest BCUT2D eigenvalue weighted by Crippen LogP contribution is 2.30. The number of pyridine rings is 2. The SMILES string of the molecule is CNC1(c2ccc3c(=O)c(C(=O)O)cn(-c4nccs4)c3n2)CNCC1OC. The Bertz CT molecular complexity index is 1100. The number of ether oxygens (including phenoxy) is 1. The van der Waals surface area contributed by atoms with E-state index in [1.165, 1.54) is 17.5 Å². The van der Waals surface area contributed by atoms with Crippen LogP contribution in [0.2, 0.25) is 0 Å². The topological polar surface area (TPSA) is 118 Å². The van der Waals surface area contributed by atoms with Gasteiger partial charge in [-0.3, -0.25) is 9.36 Å². The van der Waals surface area contributed by atoms with Crippen molar-refractivity contribution in [2.24, 2.45) is 0 Å². The zero-order valence-corrected chi connectivity index (χ0v) is 16.1. The molecular weight excluding hydrogens is 382 g/mol. The molecule has 0 aromatic carbocycles. The molecule has 1 saturated heterocycles. The molecule has 0 bridgehead atoms. The fraction of sp³-hybridized carbons (Fsp3) is 0.333. The number of hydrogen-bond acceptors (Lipinski definition) is 8. The summed E-state index contributed by atoms with van der Waals surface area (Å²) in [6, 6.07) is 3.37. The van der Waals surface area contributed by atoms with Gasteiger partial charge >= 0.3 is 5.97 Å². The predicted molar refractivity (Wildman–Crippen MR) is 104 cm³/mol. The summed E-state index contributed by atoms with van der Waals surface area (Å²) >= 11 is 1.33. The number of aromatic carboxylic acids is 1. The van der Waals surface area contributed by atoms with Crippen molar-refractivity contribution < 1.29 is 14.6 Å². The number of nitrogens with zero attached hydrogens (tertiary/aromatic N) is 3. The number of thiazole rings is 1. The molecule has 0 saturated carbocycles. The van der Waals surface area contributed by atoms with Crippen molar-refractivity contribution in [1.82, 2.24) is 25.2 Å². The van der Waals surface area contributed by atoms with Crippen LogP contribution >= 0.6 is 11.3 Å². The Hall–Kier alpha value is -2.66. The number of rotatable bonds is 5. The molecule has 4 heterocycles. The zero-order chi connectivity index (χ0) is 19.9. The van der Waals surface area contributed by atoms with Gasteiger partial charge in [0, 0.05) is 38.0 Å². The maximum atomic E-state index is 12.7. The van der Waals surface area contributed by atoms with E-state index in [9.17, 15) is 14.7 Å². The Morgan fingerprint density at radius 3 is 2.96 bits per heavy atom. The fourth-order valence-corrected chi connectivity index (χ4v) is 4.31. The summed E-state index contributed by atoms with van der Waals surface area (Å²) in [6.07, 6.45) is 2.75. The van der Waals surface area contributed by atoms with E-state index in [-0.39, 0.29) is 17.1 Å². The lowest BCUT2D eigenvalue weighted by Gasteiger charge is -2.33. The van der Waals surface area contributed by atoms with Gasteiger partial charge < -0.3 is 20.5 Å². The lowest BCUT2D eigenvalue weighted by atomic mass is 9.90. The number of fused-ring (bicyclic) bond motifs is 1. The van der Waals surface area contributed by atoms with Crippen LogP contribution in [0.25, 0.3) is 16.2 Å². The first-order valence-corrected chi connectivity index (χ1v) is 9.52. The van der Waals surface area contributed by atoms with Gasteiger partial charge in [-0.05, 0) is 19.2 Å². The Kier molecular flexibility index (Phi) is 4.71. The Morgan fingerprint density at radius 2 is 2.32 bits per heavy atom. The van der Waals surface area contributed by atoms with E-state index in [0.29, 0.717) is 29.6 Å². The molecule has 4 rings (SSSR count). The van der Waals surface area contributed by atoms with Gasteiger partial charge in [-0.15, -0.1) is 11.3 Å². The second-order valence-corrected chi connectivity index (χ2v) is 7.38. The van der Waals surface area contributed by atoms with Crippen LogP contribution in [-0.4, -0.2) is 59.0 Å². The molecule has 3 N–H and O–H groups in total. The molecule has 1 aliphatic rings. The number of carbonyl (C=O) groups is 1. The molecule has 0 spiro atoms. The van der Waals surface area contributed by atoms with Crippen molar-refractivity contribution in [3.05, 3.63) is 51.4 Å². The third kappa shape index (κ3) is 2.73. The molecule has 3 aromatic heterocycles. The summed E-state index contributed by atoms with van der Waals surface area (Å²) in [5.74, 6) is -1.28. The van der Waals surface area contributed by atoms with Crippen molar-refractivity contribution in [3.63, 3.8) is 0 Å². The summed E-state index contributed by atoms with van der Waals surface area (Å²) in [6.45, 7) is 1.27. The molecular formula is C18H19N5O4S. The molecule has 0 amide bonds. The highest BCUT2D eigenvalue weighted by atomic mass is 32.1. The third-order valence-corrected chi connectivity index (χ3v) is 5.95. The summed E-state index contributed by atoms with van der Waals surface area (Å²) < 4.78 is 7.20. The van der Waals surface area contributed by atoms with Gasteiger partial charge in [0.25, 0.3) is 0 Å². The second kappa shape index (κ2) is 7.06. The normalized spacial score (nSPS) is 22.0. The molecule has 9 nitrogen and oxygen atoms in total. The summed E-state index contributed by atoms with van der Waals surface area (Å²) in [4.78, 5) is 33.3. The molecule has 0 aliphatic carbocycles. The molecule has 0 radical (unpaired) electrons. The zero-order valence-electron chi connectivity index (χ0n) is 15.3. The first kappa shape index (κ1) is 18.7. The summed E-state index contributed by atoms with van der Waals surface area (Å²) in [7, 11) is 3.49. The quantitative estimate of drug-likeness (QED) is 0.568. The van der Waals surface area contributed by atoms with Gasteiger partial charge in [-0.25, -0.2) is 14.8 Å². The number of hydrogen-bond donors (Lipinski definition) is 3. The standard InChI is InChI=1S/C18H19N5O4S/c1-19-18(9-20-7-13(18)27-2)12-4-3-10-14(24)11(16(25)26)8-23(15(10)22-12)17-21-5-6-28-17/h3-6,8,13,19-20H,7,9H2,1-2H3,(H,25,26). The lowest BCUT2D eigenvalue weighted by molar-refractivity contribution is 0.0504. The highest BCUT2D eigenvalue weighted by molar-refractivity contribution is 7.12. The van der Waals surface area contributed by atoms with Gasteiger partial charge in [0.1, 0.15) is 11.1 Å². The van der Waals surface area contributed by atoms with Crippen LogP contribution in [0, 0.1) is 0 Å². The van der Waals surface area contributed by atoms with Gasteiger partial charge in [-0.2, -0.15) is 0 Å². The van der Waals surface area contributed by atoms with E-state index in [1.807, 2.05) is 7.05 Å². The number of nitrogens with one attached hydrogen (secondary N) is 2. The van der Waals surface area contributed by atoms with Crippen LogP contribution in [0.1, 0.15) is 16.1 Å². The summed E-state index contributed by atoms with van der Waals surface area (Å²) in [5.41, 5.74) is -0.400. The lowest BCUT2D eigenvalue weighted by Crippen LogP contribution is -2.51. The average molecular weight is 401 g/mol. The first-order chi connectivity index (χ1) is 13.5. The minimum Gasteiger partial charge on any atom is -0.477 e. The van der Waals surface area contributed by atoms with E-state index in [0.717, 1.165) is 0 Å². The highest BCUT2D eigenvalue weighted by Gasteiger charge is 2.45.